The van der Waals surface area contributed by atoms with Gasteiger partial charge in [0.2, 0.25) is 5.91 Å². The minimum absolute atomic E-state index is 0.233. The second kappa shape index (κ2) is 57.4. The van der Waals surface area contributed by atoms with E-state index >= 15 is 0 Å². The third-order valence-electron chi connectivity index (χ3n) is 20.2. The summed E-state index contributed by atoms with van der Waals surface area (Å²) < 4.78 is 34.5. The Morgan fingerprint density at radius 3 is 0.926 bits per heavy atom. The van der Waals surface area contributed by atoms with E-state index in [0.717, 1.165) is 44.9 Å². The van der Waals surface area contributed by atoms with Crippen LogP contribution in [-0.4, -0.2) is 193 Å². The molecule has 12 N–H and O–H groups in total. The fourth-order valence-electron chi connectivity index (χ4n) is 13.8. The SMILES string of the molecule is CCCCCCCCCCCCCCCCCCCCCCCCCCCCCCC(O)C(COC1OC(CO)C(OC2OC(CO)C(OC3OC(CO)C(O)C(O)C3O)C(O)C2O)C(O)C1O)NC(=O)CCCCCCCCCCCCCCCCCCCCCCC. The maximum Gasteiger partial charge on any atom is 0.220 e. The van der Waals surface area contributed by atoms with Gasteiger partial charge in [-0.2, -0.15) is 0 Å². The number of carbonyl (C=O) groups is 1. The first kappa shape index (κ1) is 87.0. The third kappa shape index (κ3) is 38.0. The predicted octanol–water partition coefficient (Wildman–Crippen LogP) is 12.2. The lowest BCUT2D eigenvalue weighted by Crippen LogP contribution is -2.66. The standard InChI is InChI=1S/C75H145NO18/c1-3-5-7-9-11-13-15-17-19-21-23-25-26-27-28-29-30-31-33-34-36-38-40-42-44-46-48-50-52-59(80)58(76-63(81)53-51-49-47-45-43-41-39-37-35-32-24-22-20-18-16-14-12-10-8-6-4-2)57-89-73-69(87)66(84)71(61(55-78)91-73)94-75-70(88)67(85)72(62(56-79)92-75)93-74-68(86)65(83)64(82)60(54-77)90-74/h58-62,64-75,77-80,82-88H,3-57H2,1-2H3,(H,76,81). The summed E-state index contributed by atoms with van der Waals surface area (Å²) >= 11 is 0. The van der Waals surface area contributed by atoms with Gasteiger partial charge in [-0.3, -0.25) is 4.79 Å². The molecule has 19 nitrogen and oxygen atoms in total. The number of nitrogens with one attached hydrogen (secondary N) is 1. The molecule has 0 aromatic heterocycles. The molecule has 0 aliphatic carbocycles. The van der Waals surface area contributed by atoms with E-state index in [2.05, 4.69) is 19.2 Å². The summed E-state index contributed by atoms with van der Waals surface area (Å²) in [4.78, 5) is 13.5. The van der Waals surface area contributed by atoms with Crippen LogP contribution in [0, 0.1) is 0 Å². The number of unbranched alkanes of at least 4 members (excludes halogenated alkanes) is 47. The van der Waals surface area contributed by atoms with Gasteiger partial charge in [-0.1, -0.05) is 322 Å². The summed E-state index contributed by atoms with van der Waals surface area (Å²) in [5, 5.41) is 121. The summed E-state index contributed by atoms with van der Waals surface area (Å²) in [5.41, 5.74) is 0. The first-order valence-corrected chi connectivity index (χ1v) is 39.3. The number of hydrogen-bond acceptors (Lipinski definition) is 18. The highest BCUT2D eigenvalue weighted by atomic mass is 16.8. The third-order valence-corrected chi connectivity index (χ3v) is 20.2. The van der Waals surface area contributed by atoms with Gasteiger partial charge in [-0.15, -0.1) is 0 Å². The van der Waals surface area contributed by atoms with Crippen LogP contribution < -0.4 is 5.32 Å². The van der Waals surface area contributed by atoms with Crippen molar-refractivity contribution in [1.82, 2.24) is 5.32 Å². The van der Waals surface area contributed by atoms with E-state index in [1.165, 1.54) is 263 Å². The van der Waals surface area contributed by atoms with E-state index in [0.29, 0.717) is 12.8 Å². The molecule has 0 radical (unpaired) electrons. The van der Waals surface area contributed by atoms with Gasteiger partial charge < -0.3 is 89.9 Å². The highest BCUT2D eigenvalue weighted by molar-refractivity contribution is 5.76. The lowest BCUT2D eigenvalue weighted by Gasteiger charge is -2.48. The quantitative estimate of drug-likeness (QED) is 0.0252. The zero-order valence-corrected chi connectivity index (χ0v) is 59.5. The molecule has 0 bridgehead atoms. The minimum atomic E-state index is -1.97. The Morgan fingerprint density at radius 1 is 0.340 bits per heavy atom. The van der Waals surface area contributed by atoms with Gasteiger partial charge in [0.15, 0.2) is 18.9 Å². The van der Waals surface area contributed by atoms with Gasteiger partial charge >= 0.3 is 0 Å². The number of carbonyl (C=O) groups excluding carboxylic acids is 1. The van der Waals surface area contributed by atoms with Gasteiger partial charge in [0, 0.05) is 6.42 Å². The zero-order valence-electron chi connectivity index (χ0n) is 59.5. The maximum absolute atomic E-state index is 13.5. The average molecular weight is 1350 g/mol. The first-order valence-electron chi connectivity index (χ1n) is 39.3. The lowest BCUT2D eigenvalue weighted by molar-refractivity contribution is -0.379. The predicted molar refractivity (Wildman–Crippen MR) is 370 cm³/mol. The number of hydrogen-bond donors (Lipinski definition) is 12. The smallest absolute Gasteiger partial charge is 0.220 e. The summed E-state index contributed by atoms with van der Waals surface area (Å²) in [6.45, 7) is 1.87. The van der Waals surface area contributed by atoms with Crippen LogP contribution in [0.4, 0.5) is 0 Å². The van der Waals surface area contributed by atoms with Crippen molar-refractivity contribution in [2.45, 2.75) is 446 Å². The van der Waals surface area contributed by atoms with Gasteiger partial charge in [0.1, 0.15) is 73.2 Å². The number of rotatable bonds is 63. The van der Waals surface area contributed by atoms with E-state index in [1.54, 1.807) is 0 Å². The summed E-state index contributed by atoms with van der Waals surface area (Å²) in [6.07, 6.45) is 37.6. The van der Waals surface area contributed by atoms with E-state index in [1.807, 2.05) is 0 Å². The van der Waals surface area contributed by atoms with E-state index in [9.17, 15) is 61.0 Å². The molecule has 0 aromatic carbocycles. The Morgan fingerprint density at radius 2 is 0.606 bits per heavy atom. The molecule has 3 fully saturated rings. The van der Waals surface area contributed by atoms with Crippen LogP contribution in [-0.2, 0) is 33.2 Å². The molecular formula is C75H145NO18. The van der Waals surface area contributed by atoms with Gasteiger partial charge in [0.25, 0.3) is 0 Å². The first-order chi connectivity index (χ1) is 45.8. The summed E-state index contributed by atoms with van der Waals surface area (Å²) in [5.74, 6) is -0.233. The Bertz CT molecular complexity index is 1700. The highest BCUT2D eigenvalue weighted by Gasteiger charge is 2.54. The van der Waals surface area contributed by atoms with Crippen LogP contribution in [0.5, 0.6) is 0 Å². The lowest BCUT2D eigenvalue weighted by atomic mass is 9.96. The molecule has 19 heteroatoms. The minimum Gasteiger partial charge on any atom is -0.394 e. The van der Waals surface area contributed by atoms with Crippen LogP contribution in [0.15, 0.2) is 0 Å². The molecule has 0 saturated carbocycles. The van der Waals surface area contributed by atoms with Crippen molar-refractivity contribution in [2.24, 2.45) is 0 Å². The monoisotopic (exact) mass is 1350 g/mol. The van der Waals surface area contributed by atoms with Crippen molar-refractivity contribution >= 4 is 5.91 Å². The Labute approximate surface area is 570 Å². The largest absolute Gasteiger partial charge is 0.394 e. The molecule has 1 amide bonds. The van der Waals surface area contributed by atoms with E-state index < -0.39 is 124 Å². The fraction of sp³-hybridized carbons (Fsp3) is 0.987. The van der Waals surface area contributed by atoms with Crippen LogP contribution in [0.2, 0.25) is 0 Å². The molecular weight excluding hydrogens is 1200 g/mol. The molecule has 17 atom stereocenters. The second-order valence-corrected chi connectivity index (χ2v) is 28.5. The van der Waals surface area contributed by atoms with Crippen molar-refractivity contribution < 1.29 is 89.4 Å². The van der Waals surface area contributed by atoms with Crippen LogP contribution in [0.3, 0.4) is 0 Å². The molecule has 3 saturated heterocycles. The molecule has 94 heavy (non-hydrogen) atoms. The number of aliphatic hydroxyl groups excluding tert-OH is 11. The normalized spacial score (nSPS) is 27.3. The summed E-state index contributed by atoms with van der Waals surface area (Å²) in [7, 11) is 0. The van der Waals surface area contributed by atoms with Crippen molar-refractivity contribution in [2.75, 3.05) is 26.4 Å². The average Bonchev–Trinajstić information content (AvgIpc) is 0.787. The van der Waals surface area contributed by atoms with Crippen molar-refractivity contribution in [3.63, 3.8) is 0 Å². The molecule has 0 aromatic rings. The topological polar surface area (TPSA) is 307 Å². The second-order valence-electron chi connectivity index (χ2n) is 28.5. The molecule has 3 rings (SSSR count). The zero-order chi connectivity index (χ0) is 68.2. The molecule has 3 aliphatic heterocycles. The van der Waals surface area contributed by atoms with Gasteiger partial charge in [0.05, 0.1) is 38.6 Å². The molecule has 0 spiro atoms. The van der Waals surface area contributed by atoms with E-state index in [4.69, 9.17) is 28.4 Å². The van der Waals surface area contributed by atoms with Gasteiger partial charge in [-0.25, -0.2) is 0 Å². The molecule has 558 valence electrons. The Kier molecular flexibility index (Phi) is 53.1. The number of amides is 1. The van der Waals surface area contributed by atoms with Crippen LogP contribution in [0.25, 0.3) is 0 Å². The maximum atomic E-state index is 13.5. The highest BCUT2D eigenvalue weighted by Crippen LogP contribution is 2.33. The van der Waals surface area contributed by atoms with Crippen molar-refractivity contribution in [1.29, 1.82) is 0 Å². The van der Waals surface area contributed by atoms with E-state index in [-0.39, 0.29) is 18.9 Å². The Hall–Kier alpha value is -1.21. The number of ether oxygens (including phenoxy) is 6. The Balaban J connectivity index is 1.38. The molecule has 3 aliphatic rings. The summed E-state index contributed by atoms with van der Waals surface area (Å²) in [6, 6.07) is -0.883. The van der Waals surface area contributed by atoms with Crippen molar-refractivity contribution in [3.05, 3.63) is 0 Å². The van der Waals surface area contributed by atoms with Gasteiger partial charge in [-0.05, 0) is 12.8 Å². The van der Waals surface area contributed by atoms with Crippen molar-refractivity contribution in [3.8, 4) is 0 Å². The fourth-order valence-corrected chi connectivity index (χ4v) is 13.8. The molecule has 3 heterocycles. The number of aliphatic hydroxyl groups is 11. The van der Waals surface area contributed by atoms with Crippen LogP contribution in [0.1, 0.15) is 341 Å². The molecule has 17 unspecified atom stereocenters. The van der Waals surface area contributed by atoms with Crippen LogP contribution >= 0.6 is 0 Å².